The summed E-state index contributed by atoms with van der Waals surface area (Å²) in [5, 5.41) is 32.8. The van der Waals surface area contributed by atoms with Gasteiger partial charge in [0.2, 0.25) is 0 Å². The van der Waals surface area contributed by atoms with Crippen molar-refractivity contribution in [2.75, 3.05) is 0 Å². The van der Waals surface area contributed by atoms with Gasteiger partial charge in [0, 0.05) is 19.3 Å². The Balaban J connectivity index is 2.18. The summed E-state index contributed by atoms with van der Waals surface area (Å²) in [7, 11) is 0. The number of hydrogen-bond acceptors (Lipinski definition) is 7. The molecule has 0 amide bonds. The third-order valence-corrected chi connectivity index (χ3v) is 6.25. The highest BCUT2D eigenvalue weighted by atomic mass is 16.6. The highest BCUT2D eigenvalue weighted by Crippen LogP contribution is 2.59. The molecule has 0 radical (unpaired) electrons. The van der Waals surface area contributed by atoms with E-state index in [9.17, 15) is 24.9 Å². The lowest BCUT2D eigenvalue weighted by Gasteiger charge is -2.49. The van der Waals surface area contributed by atoms with Crippen LogP contribution >= 0.6 is 0 Å². The smallest absolute Gasteiger partial charge is 0.309 e. The van der Waals surface area contributed by atoms with Gasteiger partial charge in [-0.25, -0.2) is 0 Å². The maximum absolute atomic E-state index is 12.2. The number of hydrogen-bond donors (Lipinski definition) is 3. The predicted molar refractivity (Wildman–Crippen MR) is 81.5 cm³/mol. The Morgan fingerprint density at radius 1 is 1.38 bits per heavy atom. The maximum atomic E-state index is 12.2. The molecule has 1 saturated heterocycles. The molecule has 0 bridgehead atoms. The van der Waals surface area contributed by atoms with Crippen molar-refractivity contribution in [1.82, 2.24) is 0 Å². The quantitative estimate of drug-likeness (QED) is 0.452. The summed E-state index contributed by atoms with van der Waals surface area (Å²) in [6.45, 7) is 5.95. The maximum Gasteiger partial charge on any atom is 0.309 e. The van der Waals surface area contributed by atoms with Crippen LogP contribution in [0.15, 0.2) is 12.2 Å². The zero-order valence-corrected chi connectivity index (χ0v) is 14.2. The van der Waals surface area contributed by atoms with E-state index in [-0.39, 0.29) is 6.42 Å². The summed E-state index contributed by atoms with van der Waals surface area (Å²) in [5.41, 5.74) is -4.87. The molecule has 1 saturated carbocycles. The third kappa shape index (κ3) is 1.95. The monoisotopic (exact) mass is 340 g/mol. The molecule has 134 valence electrons. The summed E-state index contributed by atoms with van der Waals surface area (Å²) < 4.78 is 10.9. The fourth-order valence-electron chi connectivity index (χ4n) is 4.77. The molecule has 3 rings (SSSR count). The van der Waals surface area contributed by atoms with Crippen LogP contribution < -0.4 is 0 Å². The molecule has 24 heavy (non-hydrogen) atoms. The van der Waals surface area contributed by atoms with E-state index in [2.05, 4.69) is 0 Å². The first-order valence-corrected chi connectivity index (χ1v) is 8.15. The van der Waals surface area contributed by atoms with Crippen LogP contribution in [0.4, 0.5) is 0 Å². The van der Waals surface area contributed by atoms with E-state index in [1.165, 1.54) is 26.0 Å². The molecule has 7 nitrogen and oxygen atoms in total. The molecule has 1 heterocycles. The minimum absolute atomic E-state index is 0.0716. The number of esters is 2. The molecule has 7 heteroatoms. The fraction of sp³-hybridized carbons (Fsp3) is 0.765. The van der Waals surface area contributed by atoms with Gasteiger partial charge in [0.15, 0.2) is 0 Å². The Morgan fingerprint density at radius 2 is 2.00 bits per heavy atom. The van der Waals surface area contributed by atoms with Gasteiger partial charge in [0.05, 0.1) is 23.0 Å². The standard InChI is InChI=1S/C17H24O7/c1-8-12-10(23-9(2)18)7-15(3,21)17(22)6-5-11(19)16(17,4)13(12)24-14(8)20/h5-6,8,10-13,19,21-22H,7H2,1-4H3/t8-,10+,11-,12+,13+,15+,16-,17+/m0/s1. The minimum Gasteiger partial charge on any atom is -0.462 e. The number of aliphatic hydroxyl groups excluding tert-OH is 1. The second-order valence-corrected chi connectivity index (χ2v) is 7.70. The second-order valence-electron chi connectivity index (χ2n) is 7.70. The van der Waals surface area contributed by atoms with Gasteiger partial charge in [-0.3, -0.25) is 9.59 Å². The zero-order chi connectivity index (χ0) is 18.1. The average molecular weight is 340 g/mol. The lowest BCUT2D eigenvalue weighted by molar-refractivity contribution is -0.215. The topological polar surface area (TPSA) is 113 Å². The van der Waals surface area contributed by atoms with Gasteiger partial charge in [-0.05, 0) is 13.8 Å². The van der Waals surface area contributed by atoms with Gasteiger partial charge < -0.3 is 24.8 Å². The number of aliphatic hydroxyl groups is 3. The highest BCUT2D eigenvalue weighted by molar-refractivity contribution is 5.75. The van der Waals surface area contributed by atoms with Crippen LogP contribution in [0.2, 0.25) is 0 Å². The van der Waals surface area contributed by atoms with Gasteiger partial charge in [0.25, 0.3) is 0 Å². The van der Waals surface area contributed by atoms with E-state index in [1.54, 1.807) is 13.8 Å². The fourth-order valence-corrected chi connectivity index (χ4v) is 4.77. The van der Waals surface area contributed by atoms with Gasteiger partial charge in [-0.1, -0.05) is 19.1 Å². The summed E-state index contributed by atoms with van der Waals surface area (Å²) in [4.78, 5) is 23.7. The van der Waals surface area contributed by atoms with Crippen molar-refractivity contribution in [2.45, 2.75) is 63.6 Å². The number of ether oxygens (including phenoxy) is 2. The molecule has 0 aromatic carbocycles. The first kappa shape index (κ1) is 17.4. The van der Waals surface area contributed by atoms with E-state index in [0.29, 0.717) is 0 Å². The van der Waals surface area contributed by atoms with Gasteiger partial charge >= 0.3 is 11.9 Å². The third-order valence-electron chi connectivity index (χ3n) is 6.25. The van der Waals surface area contributed by atoms with E-state index < -0.39 is 58.7 Å². The van der Waals surface area contributed by atoms with Crippen molar-refractivity contribution in [3.63, 3.8) is 0 Å². The Hall–Kier alpha value is -1.44. The molecule has 2 aliphatic carbocycles. The van der Waals surface area contributed by atoms with Gasteiger partial charge in [0.1, 0.15) is 17.8 Å². The van der Waals surface area contributed by atoms with Crippen LogP contribution in [-0.2, 0) is 19.1 Å². The molecule has 1 aliphatic heterocycles. The van der Waals surface area contributed by atoms with Crippen molar-refractivity contribution in [1.29, 1.82) is 0 Å². The molecule has 3 N–H and O–H groups in total. The average Bonchev–Trinajstić information content (AvgIpc) is 2.87. The van der Waals surface area contributed by atoms with Crippen molar-refractivity contribution in [3.8, 4) is 0 Å². The molecule has 0 spiro atoms. The van der Waals surface area contributed by atoms with E-state index >= 15 is 0 Å². The summed E-state index contributed by atoms with van der Waals surface area (Å²) in [6.07, 6.45) is -0.117. The molecule has 0 aromatic heterocycles. The van der Waals surface area contributed by atoms with Crippen LogP contribution in [0.25, 0.3) is 0 Å². The first-order valence-electron chi connectivity index (χ1n) is 8.15. The Bertz CT molecular complexity index is 612. The summed E-state index contributed by atoms with van der Waals surface area (Å²) >= 11 is 0. The molecule has 8 atom stereocenters. The Kier molecular flexibility index (Phi) is 3.64. The SMILES string of the molecule is CC(=O)O[C@@H]1C[C@@](C)(O)[C@]2(O)C=C[C@H](O)[C@@]2(C)[C@@H]2OC(=O)[C@@H](C)[C@@H]21. The molecular formula is C17H24O7. The molecule has 3 aliphatic rings. The van der Waals surface area contributed by atoms with Crippen LogP contribution in [0.1, 0.15) is 34.1 Å². The van der Waals surface area contributed by atoms with Crippen LogP contribution in [0, 0.1) is 17.3 Å². The zero-order valence-electron chi connectivity index (χ0n) is 14.2. The minimum atomic E-state index is -1.83. The predicted octanol–water partition coefficient (Wildman–Crippen LogP) is -0.0814. The van der Waals surface area contributed by atoms with Gasteiger partial charge in [-0.2, -0.15) is 0 Å². The van der Waals surface area contributed by atoms with E-state index in [0.717, 1.165) is 0 Å². The molecule has 0 unspecified atom stereocenters. The number of rotatable bonds is 1. The van der Waals surface area contributed by atoms with Gasteiger partial charge in [-0.15, -0.1) is 0 Å². The lowest BCUT2D eigenvalue weighted by Crippen LogP contribution is -2.64. The molecule has 2 fully saturated rings. The van der Waals surface area contributed by atoms with Crippen molar-refractivity contribution < 1.29 is 34.4 Å². The Labute approximate surface area is 140 Å². The molecular weight excluding hydrogens is 316 g/mol. The Morgan fingerprint density at radius 3 is 2.58 bits per heavy atom. The lowest BCUT2D eigenvalue weighted by atomic mass is 9.62. The number of carbonyl (C=O) groups excluding carboxylic acids is 2. The van der Waals surface area contributed by atoms with E-state index in [1.807, 2.05) is 0 Å². The summed E-state index contributed by atoms with van der Waals surface area (Å²) in [5.74, 6) is -2.16. The van der Waals surface area contributed by atoms with Crippen molar-refractivity contribution in [3.05, 3.63) is 12.2 Å². The van der Waals surface area contributed by atoms with Crippen LogP contribution in [-0.4, -0.2) is 56.8 Å². The van der Waals surface area contributed by atoms with E-state index in [4.69, 9.17) is 9.47 Å². The first-order chi connectivity index (χ1) is 11.0. The number of carbonyl (C=O) groups is 2. The summed E-state index contributed by atoms with van der Waals surface area (Å²) in [6, 6.07) is 0. The molecule has 0 aromatic rings. The van der Waals surface area contributed by atoms with Crippen molar-refractivity contribution in [2.24, 2.45) is 17.3 Å². The largest absolute Gasteiger partial charge is 0.462 e. The van der Waals surface area contributed by atoms with Crippen LogP contribution in [0.5, 0.6) is 0 Å². The second kappa shape index (κ2) is 5.03. The van der Waals surface area contributed by atoms with Crippen LogP contribution in [0.3, 0.4) is 0 Å². The van der Waals surface area contributed by atoms with Crippen molar-refractivity contribution >= 4 is 11.9 Å². The highest BCUT2D eigenvalue weighted by Gasteiger charge is 2.73. The normalized spacial score (nSPS) is 53.1. The number of fused-ring (bicyclic) bond motifs is 3.